The molecule has 0 amide bonds. The van der Waals surface area contributed by atoms with Gasteiger partial charge in [-0.3, -0.25) is 19.3 Å². The lowest BCUT2D eigenvalue weighted by Crippen LogP contribution is -2.61. The van der Waals surface area contributed by atoms with Gasteiger partial charge in [-0.2, -0.15) is 0 Å². The summed E-state index contributed by atoms with van der Waals surface area (Å²) in [6.07, 6.45) is 3.18. The van der Waals surface area contributed by atoms with Gasteiger partial charge in [0.1, 0.15) is 25.4 Å². The van der Waals surface area contributed by atoms with Gasteiger partial charge < -0.3 is 23.7 Å². The molecule has 3 fully saturated rings. The molecule has 0 radical (unpaired) electrons. The minimum Gasteiger partial charge on any atom is -0.467 e. The molecular formula is C29H41NO9. The quantitative estimate of drug-likeness (QED) is 0.184. The highest BCUT2D eigenvalue weighted by atomic mass is 16.6. The molecule has 2 saturated carbocycles. The van der Waals surface area contributed by atoms with Crippen molar-refractivity contribution >= 4 is 24.4 Å². The number of cyclic esters (lactones) is 1. The third-order valence-corrected chi connectivity index (χ3v) is 9.52. The van der Waals surface area contributed by atoms with Gasteiger partial charge in [0, 0.05) is 38.4 Å². The van der Waals surface area contributed by atoms with E-state index in [-0.39, 0.29) is 42.5 Å². The Morgan fingerprint density at radius 3 is 2.49 bits per heavy atom. The number of nitrogens with zero attached hydrogens (tertiary/aromatic N) is 1. The van der Waals surface area contributed by atoms with Crippen molar-refractivity contribution in [1.29, 1.82) is 0 Å². The van der Waals surface area contributed by atoms with Crippen LogP contribution in [0, 0.1) is 22.7 Å². The third kappa shape index (κ3) is 5.77. The molecule has 7 atom stereocenters. The van der Waals surface area contributed by atoms with E-state index in [0.717, 1.165) is 12.0 Å². The average molecular weight is 548 g/mol. The van der Waals surface area contributed by atoms with Crippen molar-refractivity contribution in [3.63, 3.8) is 0 Å². The van der Waals surface area contributed by atoms with Crippen LogP contribution in [0.4, 0.5) is 0 Å². The summed E-state index contributed by atoms with van der Waals surface area (Å²) in [5.41, 5.74) is 0.370. The van der Waals surface area contributed by atoms with Gasteiger partial charge in [0.2, 0.25) is 0 Å². The van der Waals surface area contributed by atoms with Gasteiger partial charge in [-0.25, -0.2) is 4.79 Å². The zero-order chi connectivity index (χ0) is 28.4. The zero-order valence-electron chi connectivity index (χ0n) is 23.4. The molecule has 0 aromatic rings. The molecule has 2 aliphatic carbocycles. The molecule has 10 heteroatoms. The second-order valence-electron chi connectivity index (χ2n) is 11.7. The van der Waals surface area contributed by atoms with Gasteiger partial charge in [0.05, 0.1) is 18.8 Å². The van der Waals surface area contributed by atoms with Gasteiger partial charge in [-0.05, 0) is 54.6 Å². The monoisotopic (exact) mass is 547 g/mol. The van der Waals surface area contributed by atoms with Crippen molar-refractivity contribution in [2.45, 2.75) is 71.6 Å². The number of carbonyl (C=O) groups is 4. The van der Waals surface area contributed by atoms with Crippen LogP contribution in [0.15, 0.2) is 23.8 Å². The molecule has 0 aromatic heterocycles. The van der Waals surface area contributed by atoms with E-state index in [9.17, 15) is 19.2 Å². The van der Waals surface area contributed by atoms with Crippen LogP contribution in [0.5, 0.6) is 0 Å². The summed E-state index contributed by atoms with van der Waals surface area (Å²) >= 11 is 0. The number of morpholine rings is 1. The summed E-state index contributed by atoms with van der Waals surface area (Å²) in [4.78, 5) is 50.6. The zero-order valence-corrected chi connectivity index (χ0v) is 23.4. The molecule has 2 aliphatic heterocycles. The number of ether oxygens (including phenoxy) is 5. The number of hydrogen-bond acceptors (Lipinski definition) is 10. The Kier molecular flexibility index (Phi) is 8.85. The van der Waals surface area contributed by atoms with Crippen LogP contribution < -0.4 is 0 Å². The van der Waals surface area contributed by atoms with E-state index in [4.69, 9.17) is 23.7 Å². The maximum absolute atomic E-state index is 12.8. The van der Waals surface area contributed by atoms with Crippen LogP contribution in [-0.2, 0) is 42.9 Å². The predicted octanol–water partition coefficient (Wildman–Crippen LogP) is 2.60. The second kappa shape index (κ2) is 11.8. The first-order valence-corrected chi connectivity index (χ1v) is 13.8. The van der Waals surface area contributed by atoms with Crippen molar-refractivity contribution in [2.75, 3.05) is 39.5 Å². The molecular weight excluding hydrogens is 506 g/mol. The molecule has 0 bridgehead atoms. The fourth-order valence-corrected chi connectivity index (χ4v) is 7.67. The summed E-state index contributed by atoms with van der Waals surface area (Å²) in [6.45, 7) is 14.6. The minimum absolute atomic E-state index is 0.0606. The SMILES string of the molecule is C=C1[C@@H](OC(C)=O)C[C@@H]2[C@](C)(COC=O)[C@H](OC(C)=O)CC[C@@]2(C)[C@@H]1C[C@H](C1=CCOC1=O)N1CCOCC1. The summed E-state index contributed by atoms with van der Waals surface area (Å²) in [5, 5.41) is 0. The smallest absolute Gasteiger partial charge is 0.335 e. The molecule has 1 saturated heterocycles. The largest absolute Gasteiger partial charge is 0.467 e. The van der Waals surface area contributed by atoms with Crippen molar-refractivity contribution in [2.24, 2.45) is 22.7 Å². The Balaban J connectivity index is 1.76. The lowest BCUT2D eigenvalue weighted by atomic mass is 9.45. The van der Waals surface area contributed by atoms with Gasteiger partial charge in [0.15, 0.2) is 0 Å². The summed E-state index contributed by atoms with van der Waals surface area (Å²) in [6, 6.07) is -0.220. The standard InChI is InChI=1S/C29H41NO9/c1-18-22(14-23(21-7-11-37-27(21)34)30-9-12-35-13-10-30)28(4)8-6-26(39-20(3)33)29(5,16-36-17-31)25(28)15-24(18)38-19(2)32/h7,17,22-26H,1,6,8-16H2,2-5H3/t22-,23-,24+,25+,26-,28+,29+/m1/s1. The van der Waals surface area contributed by atoms with Crippen molar-refractivity contribution in [3.05, 3.63) is 23.8 Å². The van der Waals surface area contributed by atoms with E-state index in [0.29, 0.717) is 57.6 Å². The summed E-state index contributed by atoms with van der Waals surface area (Å²) in [5.74, 6) is -1.40. The van der Waals surface area contributed by atoms with E-state index in [1.807, 2.05) is 13.0 Å². The first kappa shape index (κ1) is 29.3. The Labute approximate surface area is 230 Å². The Morgan fingerprint density at radius 1 is 1.21 bits per heavy atom. The average Bonchev–Trinajstić information content (AvgIpc) is 3.31. The topological polar surface area (TPSA) is 118 Å². The Bertz CT molecular complexity index is 1020. The van der Waals surface area contributed by atoms with E-state index < -0.39 is 29.6 Å². The van der Waals surface area contributed by atoms with Gasteiger partial charge in [0.25, 0.3) is 6.47 Å². The van der Waals surface area contributed by atoms with Crippen molar-refractivity contribution < 1.29 is 42.9 Å². The van der Waals surface area contributed by atoms with E-state index in [1.54, 1.807) is 0 Å². The lowest BCUT2D eigenvalue weighted by Gasteiger charge is -2.61. The molecule has 2 heterocycles. The normalized spacial score (nSPS) is 35.7. The predicted molar refractivity (Wildman–Crippen MR) is 139 cm³/mol. The first-order chi connectivity index (χ1) is 18.5. The number of fused-ring (bicyclic) bond motifs is 1. The molecule has 0 N–H and O–H groups in total. The maximum Gasteiger partial charge on any atom is 0.335 e. The molecule has 0 unspecified atom stereocenters. The number of carbonyl (C=O) groups excluding carboxylic acids is 4. The van der Waals surface area contributed by atoms with Crippen LogP contribution in [0.1, 0.15) is 53.4 Å². The van der Waals surface area contributed by atoms with Gasteiger partial charge in [-0.15, -0.1) is 0 Å². The van der Waals surface area contributed by atoms with Crippen molar-refractivity contribution in [3.8, 4) is 0 Å². The maximum atomic E-state index is 12.8. The fourth-order valence-electron chi connectivity index (χ4n) is 7.67. The van der Waals surface area contributed by atoms with Crippen molar-refractivity contribution in [1.82, 2.24) is 4.90 Å². The molecule has 39 heavy (non-hydrogen) atoms. The van der Waals surface area contributed by atoms with E-state index in [1.165, 1.54) is 13.8 Å². The lowest BCUT2D eigenvalue weighted by molar-refractivity contribution is -0.197. The van der Waals surface area contributed by atoms with Crippen LogP contribution >= 0.6 is 0 Å². The molecule has 0 aromatic carbocycles. The fraction of sp³-hybridized carbons (Fsp3) is 0.724. The Hall–Kier alpha value is -2.72. The first-order valence-electron chi connectivity index (χ1n) is 13.8. The highest BCUT2D eigenvalue weighted by Gasteiger charge is 2.62. The van der Waals surface area contributed by atoms with E-state index in [2.05, 4.69) is 18.4 Å². The molecule has 4 rings (SSSR count). The Morgan fingerprint density at radius 2 is 1.90 bits per heavy atom. The van der Waals surface area contributed by atoms with Crippen LogP contribution in [0.25, 0.3) is 0 Å². The van der Waals surface area contributed by atoms with E-state index >= 15 is 0 Å². The number of esters is 3. The summed E-state index contributed by atoms with van der Waals surface area (Å²) in [7, 11) is 0. The number of hydrogen-bond donors (Lipinski definition) is 0. The van der Waals surface area contributed by atoms with Crippen LogP contribution in [0.3, 0.4) is 0 Å². The molecule has 216 valence electrons. The van der Waals surface area contributed by atoms with Crippen LogP contribution in [0.2, 0.25) is 0 Å². The molecule has 10 nitrogen and oxygen atoms in total. The van der Waals surface area contributed by atoms with Crippen LogP contribution in [-0.4, -0.2) is 87.0 Å². The second-order valence-corrected chi connectivity index (χ2v) is 11.7. The molecule has 4 aliphatic rings. The van der Waals surface area contributed by atoms with Gasteiger partial charge >= 0.3 is 17.9 Å². The highest BCUT2D eigenvalue weighted by molar-refractivity contribution is 5.91. The summed E-state index contributed by atoms with van der Waals surface area (Å²) < 4.78 is 27.8. The minimum atomic E-state index is -0.725. The molecule has 0 spiro atoms. The van der Waals surface area contributed by atoms with Gasteiger partial charge in [-0.1, -0.05) is 20.4 Å². The highest BCUT2D eigenvalue weighted by Crippen LogP contribution is 2.63. The third-order valence-electron chi connectivity index (χ3n) is 9.52. The number of rotatable bonds is 9.